The van der Waals surface area contributed by atoms with Gasteiger partial charge in [0.15, 0.2) is 0 Å². The highest BCUT2D eigenvalue weighted by Gasteiger charge is 2.25. The maximum absolute atomic E-state index is 12.5. The molecule has 0 bridgehead atoms. The van der Waals surface area contributed by atoms with Crippen LogP contribution in [0, 0.1) is 0 Å². The number of amides is 2. The summed E-state index contributed by atoms with van der Waals surface area (Å²) in [6.07, 6.45) is 1.92. The smallest absolute Gasteiger partial charge is 0.247 e. The molecule has 1 heterocycles. The van der Waals surface area contributed by atoms with Crippen molar-refractivity contribution in [3.05, 3.63) is 60.2 Å². The van der Waals surface area contributed by atoms with E-state index in [0.29, 0.717) is 12.8 Å². The van der Waals surface area contributed by atoms with Crippen LogP contribution in [0.15, 0.2) is 54.6 Å². The number of para-hydroxylation sites is 2. The Morgan fingerprint density at radius 2 is 1.76 bits per heavy atom. The van der Waals surface area contributed by atoms with Gasteiger partial charge in [0.1, 0.15) is 6.04 Å². The first-order valence-electron chi connectivity index (χ1n) is 8.64. The van der Waals surface area contributed by atoms with Crippen molar-refractivity contribution < 1.29 is 9.59 Å². The van der Waals surface area contributed by atoms with E-state index in [1.807, 2.05) is 42.5 Å². The first-order chi connectivity index (χ1) is 12.1. The van der Waals surface area contributed by atoms with Crippen molar-refractivity contribution in [2.24, 2.45) is 0 Å². The molecule has 2 unspecified atom stereocenters. The first kappa shape index (κ1) is 17.0. The summed E-state index contributed by atoms with van der Waals surface area (Å²) in [5, 5.41) is 9.13. The summed E-state index contributed by atoms with van der Waals surface area (Å²) < 4.78 is 0. The van der Waals surface area contributed by atoms with Crippen molar-refractivity contribution >= 4 is 23.2 Å². The molecule has 2 aromatic rings. The van der Waals surface area contributed by atoms with E-state index in [9.17, 15) is 9.59 Å². The molecule has 3 rings (SSSR count). The molecule has 0 radical (unpaired) electrons. The van der Waals surface area contributed by atoms with Crippen molar-refractivity contribution in [3.63, 3.8) is 0 Å². The molecule has 2 aromatic carbocycles. The van der Waals surface area contributed by atoms with Gasteiger partial charge in [-0.05, 0) is 37.5 Å². The molecule has 1 saturated heterocycles. The predicted octanol–water partition coefficient (Wildman–Crippen LogP) is 3.47. The lowest BCUT2D eigenvalue weighted by Gasteiger charge is -2.24. The molecule has 2 atom stereocenters. The van der Waals surface area contributed by atoms with E-state index in [0.717, 1.165) is 17.8 Å². The lowest BCUT2D eigenvalue weighted by atomic mass is 10.0. The average Bonchev–Trinajstić information content (AvgIpc) is 2.64. The molecule has 1 aliphatic rings. The Morgan fingerprint density at radius 3 is 2.48 bits per heavy atom. The summed E-state index contributed by atoms with van der Waals surface area (Å²) in [4.78, 5) is 24.0. The van der Waals surface area contributed by atoms with Crippen LogP contribution < -0.4 is 16.0 Å². The van der Waals surface area contributed by atoms with Gasteiger partial charge >= 0.3 is 0 Å². The number of piperidine rings is 1. The number of nitrogens with one attached hydrogen (secondary N) is 3. The van der Waals surface area contributed by atoms with E-state index in [2.05, 4.69) is 35.0 Å². The molecule has 130 valence electrons. The number of rotatable bonds is 5. The summed E-state index contributed by atoms with van der Waals surface area (Å²) in [7, 11) is 0. The van der Waals surface area contributed by atoms with Crippen LogP contribution in [0.25, 0.3) is 0 Å². The fraction of sp³-hybridized carbons (Fsp3) is 0.300. The van der Waals surface area contributed by atoms with Crippen LogP contribution >= 0.6 is 0 Å². The molecule has 0 aliphatic carbocycles. The zero-order valence-electron chi connectivity index (χ0n) is 14.3. The molecule has 1 fully saturated rings. The predicted molar refractivity (Wildman–Crippen MR) is 99.3 cm³/mol. The van der Waals surface area contributed by atoms with Gasteiger partial charge in [0, 0.05) is 12.5 Å². The highest BCUT2D eigenvalue weighted by molar-refractivity contribution is 5.99. The summed E-state index contributed by atoms with van der Waals surface area (Å²) in [6, 6.07) is 17.4. The Bertz CT molecular complexity index is 746. The van der Waals surface area contributed by atoms with Crippen LogP contribution in [0.3, 0.4) is 0 Å². The normalized spacial score (nSPS) is 18.1. The van der Waals surface area contributed by atoms with Gasteiger partial charge < -0.3 is 16.0 Å². The number of benzene rings is 2. The second-order valence-electron chi connectivity index (χ2n) is 6.32. The van der Waals surface area contributed by atoms with E-state index in [-0.39, 0.29) is 17.9 Å². The largest absolute Gasteiger partial charge is 0.377 e. The fourth-order valence-electron chi connectivity index (χ4n) is 3.00. The van der Waals surface area contributed by atoms with E-state index in [1.54, 1.807) is 0 Å². The Kier molecular flexibility index (Phi) is 5.33. The Balaban J connectivity index is 1.70. The van der Waals surface area contributed by atoms with Crippen LogP contribution in [-0.2, 0) is 9.59 Å². The van der Waals surface area contributed by atoms with Crippen LogP contribution in [0.5, 0.6) is 0 Å². The SMILES string of the molecule is CC(Nc1ccccc1NC(=O)C1CCCC(=O)N1)c1ccccc1. The molecule has 0 aromatic heterocycles. The number of carbonyl (C=O) groups excluding carboxylic acids is 2. The molecule has 5 heteroatoms. The zero-order chi connectivity index (χ0) is 17.6. The summed E-state index contributed by atoms with van der Waals surface area (Å²) in [5.74, 6) is -0.231. The third-order valence-corrected chi connectivity index (χ3v) is 4.40. The van der Waals surface area contributed by atoms with E-state index >= 15 is 0 Å². The molecular formula is C20H23N3O2. The van der Waals surface area contributed by atoms with Gasteiger partial charge in [-0.2, -0.15) is 0 Å². The topological polar surface area (TPSA) is 70.2 Å². The molecule has 3 N–H and O–H groups in total. The molecule has 5 nitrogen and oxygen atoms in total. The zero-order valence-corrected chi connectivity index (χ0v) is 14.3. The summed E-state index contributed by atoms with van der Waals surface area (Å²) in [6.45, 7) is 2.08. The Labute approximate surface area is 147 Å². The average molecular weight is 337 g/mol. The van der Waals surface area contributed by atoms with Crippen molar-refractivity contribution in [1.82, 2.24) is 5.32 Å². The van der Waals surface area contributed by atoms with Crippen LogP contribution in [0.4, 0.5) is 11.4 Å². The summed E-state index contributed by atoms with van der Waals surface area (Å²) >= 11 is 0. The van der Waals surface area contributed by atoms with E-state index < -0.39 is 6.04 Å². The van der Waals surface area contributed by atoms with Gasteiger partial charge in [0.2, 0.25) is 11.8 Å². The third-order valence-electron chi connectivity index (χ3n) is 4.40. The van der Waals surface area contributed by atoms with Crippen molar-refractivity contribution in [2.75, 3.05) is 10.6 Å². The van der Waals surface area contributed by atoms with Gasteiger partial charge in [-0.15, -0.1) is 0 Å². The lowest BCUT2D eigenvalue weighted by Crippen LogP contribution is -2.46. The number of hydrogen-bond acceptors (Lipinski definition) is 3. The third kappa shape index (κ3) is 4.38. The monoisotopic (exact) mass is 337 g/mol. The molecule has 0 saturated carbocycles. The van der Waals surface area contributed by atoms with Gasteiger partial charge in [0.25, 0.3) is 0 Å². The Morgan fingerprint density at radius 1 is 1.08 bits per heavy atom. The van der Waals surface area contributed by atoms with Crippen LogP contribution in [-0.4, -0.2) is 17.9 Å². The number of hydrogen-bond donors (Lipinski definition) is 3. The molecule has 1 aliphatic heterocycles. The number of anilines is 2. The first-order valence-corrected chi connectivity index (χ1v) is 8.64. The highest BCUT2D eigenvalue weighted by Crippen LogP contribution is 2.26. The van der Waals surface area contributed by atoms with Crippen molar-refractivity contribution in [1.29, 1.82) is 0 Å². The van der Waals surface area contributed by atoms with Crippen LogP contribution in [0.1, 0.15) is 37.8 Å². The minimum absolute atomic E-state index is 0.0597. The quantitative estimate of drug-likeness (QED) is 0.782. The standard InChI is InChI=1S/C20H23N3O2/c1-14(15-8-3-2-4-9-15)21-16-10-5-6-11-17(16)23-20(25)18-12-7-13-19(24)22-18/h2-6,8-11,14,18,21H,7,12-13H2,1H3,(H,22,24)(H,23,25). The number of carbonyl (C=O) groups is 2. The molecule has 0 spiro atoms. The Hall–Kier alpha value is -2.82. The van der Waals surface area contributed by atoms with Crippen molar-refractivity contribution in [3.8, 4) is 0 Å². The molecular weight excluding hydrogens is 314 g/mol. The minimum Gasteiger partial charge on any atom is -0.377 e. The lowest BCUT2D eigenvalue weighted by molar-refractivity contribution is -0.128. The second kappa shape index (κ2) is 7.83. The van der Waals surface area contributed by atoms with Crippen LogP contribution in [0.2, 0.25) is 0 Å². The summed E-state index contributed by atoms with van der Waals surface area (Å²) in [5.41, 5.74) is 2.74. The van der Waals surface area contributed by atoms with E-state index in [1.165, 1.54) is 5.56 Å². The maximum atomic E-state index is 12.5. The van der Waals surface area contributed by atoms with Crippen molar-refractivity contribution in [2.45, 2.75) is 38.3 Å². The van der Waals surface area contributed by atoms with Gasteiger partial charge in [-0.3, -0.25) is 9.59 Å². The molecule has 25 heavy (non-hydrogen) atoms. The van der Waals surface area contributed by atoms with Gasteiger partial charge in [0.05, 0.1) is 11.4 Å². The fourth-order valence-corrected chi connectivity index (χ4v) is 3.00. The second-order valence-corrected chi connectivity index (χ2v) is 6.32. The highest BCUT2D eigenvalue weighted by atomic mass is 16.2. The molecule has 2 amide bonds. The maximum Gasteiger partial charge on any atom is 0.247 e. The van der Waals surface area contributed by atoms with Gasteiger partial charge in [-0.1, -0.05) is 42.5 Å². The van der Waals surface area contributed by atoms with E-state index in [4.69, 9.17) is 0 Å². The van der Waals surface area contributed by atoms with Gasteiger partial charge in [-0.25, -0.2) is 0 Å². The minimum atomic E-state index is -0.458.